The van der Waals surface area contributed by atoms with Crippen LogP contribution in [0, 0.1) is 3.95 Å². The van der Waals surface area contributed by atoms with Crippen molar-refractivity contribution in [2.45, 2.75) is 0 Å². The zero-order valence-electron chi connectivity index (χ0n) is 8.43. The Balaban J connectivity index is 2.64. The predicted octanol–water partition coefficient (Wildman–Crippen LogP) is 3.21. The van der Waals surface area contributed by atoms with Gasteiger partial charge < -0.3 is 10.1 Å². The summed E-state index contributed by atoms with van der Waals surface area (Å²) in [5.74, 6) is -0.974. The lowest BCUT2D eigenvalue weighted by atomic mass is 10.1. The van der Waals surface area contributed by atoms with Gasteiger partial charge in [0.1, 0.15) is 4.83 Å². The van der Waals surface area contributed by atoms with Gasteiger partial charge in [0.25, 0.3) is 0 Å². The Bertz CT molecular complexity index is 804. The number of hydrogen-bond acceptors (Lipinski definition) is 4. The van der Waals surface area contributed by atoms with Crippen LogP contribution in [0.4, 0.5) is 0 Å². The van der Waals surface area contributed by atoms with Crippen LogP contribution in [-0.4, -0.2) is 21.0 Å². The van der Waals surface area contributed by atoms with Gasteiger partial charge in [0.15, 0.2) is 3.95 Å². The molecule has 0 radical (unpaired) electrons. The Morgan fingerprint density at radius 2 is 2.18 bits per heavy atom. The van der Waals surface area contributed by atoms with Crippen molar-refractivity contribution in [2.75, 3.05) is 0 Å². The minimum absolute atomic E-state index is 0.234. The van der Waals surface area contributed by atoms with E-state index in [1.807, 2.05) is 6.07 Å². The van der Waals surface area contributed by atoms with E-state index in [2.05, 4.69) is 9.97 Å². The van der Waals surface area contributed by atoms with Gasteiger partial charge in [0.05, 0.1) is 16.6 Å². The fraction of sp³-hybridized carbons (Fsp3) is 0. The quantitative estimate of drug-likeness (QED) is 0.661. The van der Waals surface area contributed by atoms with Crippen molar-refractivity contribution in [1.82, 2.24) is 9.97 Å². The number of carboxylic acid groups (broad SMARTS) is 1. The average molecular weight is 262 g/mol. The highest BCUT2D eigenvalue weighted by Crippen LogP contribution is 2.27. The molecular formula is C11H6N2O2S2. The molecule has 17 heavy (non-hydrogen) atoms. The van der Waals surface area contributed by atoms with Crippen molar-refractivity contribution >= 4 is 50.8 Å². The number of hydrogen-bond donors (Lipinski definition) is 2. The summed E-state index contributed by atoms with van der Waals surface area (Å²) < 4.78 is 0.533. The van der Waals surface area contributed by atoms with Crippen LogP contribution in [0.15, 0.2) is 24.3 Å². The molecule has 0 amide bonds. The van der Waals surface area contributed by atoms with Crippen LogP contribution in [0.25, 0.3) is 21.3 Å². The number of nitrogens with one attached hydrogen (secondary N) is 1. The number of aromatic amines is 1. The number of carboxylic acids is 1. The highest BCUT2D eigenvalue weighted by Gasteiger charge is 2.16. The third-order valence-electron chi connectivity index (χ3n) is 2.49. The van der Waals surface area contributed by atoms with Crippen molar-refractivity contribution in [1.29, 1.82) is 0 Å². The topological polar surface area (TPSA) is 66.0 Å². The van der Waals surface area contributed by atoms with Gasteiger partial charge in [-0.25, -0.2) is 9.78 Å². The molecule has 0 unspecified atom stereocenters. The van der Waals surface area contributed by atoms with Crippen LogP contribution in [0.2, 0.25) is 0 Å². The molecule has 0 spiro atoms. The van der Waals surface area contributed by atoms with Crippen molar-refractivity contribution in [3.8, 4) is 0 Å². The van der Waals surface area contributed by atoms with Gasteiger partial charge in [0.2, 0.25) is 0 Å². The summed E-state index contributed by atoms with van der Waals surface area (Å²) in [6.07, 6.45) is 0. The molecule has 0 aliphatic heterocycles. The van der Waals surface area contributed by atoms with Crippen LogP contribution in [0.3, 0.4) is 0 Å². The first-order valence-corrected chi connectivity index (χ1v) is 6.04. The van der Waals surface area contributed by atoms with E-state index in [-0.39, 0.29) is 5.56 Å². The zero-order chi connectivity index (χ0) is 12.0. The van der Waals surface area contributed by atoms with Gasteiger partial charge in [-0.05, 0) is 18.3 Å². The van der Waals surface area contributed by atoms with Crippen LogP contribution in [0.5, 0.6) is 0 Å². The molecule has 6 heteroatoms. The first-order chi connectivity index (χ1) is 8.16. The standard InChI is InChI=1S/C11H6N2O2S2/c14-10(15)7-5-3-1-2-4-6(5)12-9-8(7)13-11(16)17-9/h1-4H,(H,13,16)(H,14,15). The van der Waals surface area contributed by atoms with E-state index in [1.54, 1.807) is 18.2 Å². The van der Waals surface area contributed by atoms with Crippen molar-refractivity contribution in [2.24, 2.45) is 0 Å². The van der Waals surface area contributed by atoms with Crippen LogP contribution in [-0.2, 0) is 0 Å². The van der Waals surface area contributed by atoms with Crippen LogP contribution >= 0.6 is 23.6 Å². The van der Waals surface area contributed by atoms with Crippen molar-refractivity contribution in [3.63, 3.8) is 0 Å². The SMILES string of the molecule is O=C(O)c1c2ccccc2nc2sc(=S)[nH]c12. The molecule has 0 atom stereocenters. The number of rotatable bonds is 1. The normalized spacial score (nSPS) is 11.1. The van der Waals surface area contributed by atoms with Gasteiger partial charge in [-0.15, -0.1) is 0 Å². The summed E-state index contributed by atoms with van der Waals surface area (Å²) in [6, 6.07) is 7.17. The first-order valence-electron chi connectivity index (χ1n) is 4.81. The lowest BCUT2D eigenvalue weighted by Gasteiger charge is -2.02. The molecule has 3 aromatic rings. The maximum atomic E-state index is 11.4. The Hall–Kier alpha value is -1.79. The molecular weight excluding hydrogens is 256 g/mol. The summed E-state index contributed by atoms with van der Waals surface area (Å²) >= 11 is 6.31. The van der Waals surface area contributed by atoms with Gasteiger partial charge in [-0.2, -0.15) is 0 Å². The number of para-hydroxylation sites is 1. The first kappa shape index (κ1) is 10.4. The molecule has 4 nitrogen and oxygen atoms in total. The smallest absolute Gasteiger partial charge is 0.338 e. The largest absolute Gasteiger partial charge is 0.478 e. The van der Waals surface area contributed by atoms with E-state index in [1.165, 1.54) is 11.3 Å². The van der Waals surface area contributed by atoms with E-state index in [4.69, 9.17) is 12.2 Å². The third-order valence-corrected chi connectivity index (χ3v) is 3.62. The summed E-state index contributed by atoms with van der Waals surface area (Å²) in [6.45, 7) is 0. The molecule has 0 saturated heterocycles. The molecule has 2 aromatic heterocycles. The maximum Gasteiger partial charge on any atom is 0.338 e. The molecule has 0 aliphatic rings. The number of carbonyl (C=O) groups is 1. The van der Waals surface area contributed by atoms with Gasteiger partial charge in [-0.3, -0.25) is 0 Å². The van der Waals surface area contributed by atoms with Gasteiger partial charge in [0, 0.05) is 5.39 Å². The second-order valence-corrected chi connectivity index (χ2v) is 5.17. The summed E-state index contributed by atoms with van der Waals surface area (Å²) in [5.41, 5.74) is 1.41. The van der Waals surface area contributed by atoms with Crippen molar-refractivity contribution in [3.05, 3.63) is 33.8 Å². The maximum absolute atomic E-state index is 11.4. The van der Waals surface area contributed by atoms with E-state index in [9.17, 15) is 9.90 Å². The number of aromatic carboxylic acids is 1. The number of pyridine rings is 1. The Morgan fingerprint density at radius 3 is 2.94 bits per heavy atom. The molecule has 2 heterocycles. The number of thiazole rings is 1. The Morgan fingerprint density at radius 1 is 1.41 bits per heavy atom. The molecule has 0 saturated carbocycles. The minimum atomic E-state index is -0.974. The average Bonchev–Trinajstić information content (AvgIpc) is 2.64. The number of benzene rings is 1. The Labute approximate surface area is 105 Å². The minimum Gasteiger partial charge on any atom is -0.478 e. The van der Waals surface area contributed by atoms with E-state index < -0.39 is 5.97 Å². The van der Waals surface area contributed by atoms with E-state index in [0.29, 0.717) is 25.2 Å². The third kappa shape index (κ3) is 1.53. The summed E-state index contributed by atoms with van der Waals surface area (Å²) in [4.78, 5) is 19.3. The van der Waals surface area contributed by atoms with Crippen LogP contribution in [0.1, 0.15) is 10.4 Å². The molecule has 2 N–H and O–H groups in total. The number of fused-ring (bicyclic) bond motifs is 2. The van der Waals surface area contributed by atoms with Gasteiger partial charge >= 0.3 is 5.97 Å². The highest BCUT2D eigenvalue weighted by atomic mass is 32.1. The molecule has 0 aliphatic carbocycles. The predicted molar refractivity (Wildman–Crippen MR) is 69.3 cm³/mol. The lowest BCUT2D eigenvalue weighted by Crippen LogP contribution is -2.00. The number of H-pyrrole nitrogens is 1. The van der Waals surface area contributed by atoms with Gasteiger partial charge in [-0.1, -0.05) is 29.5 Å². The van der Waals surface area contributed by atoms with E-state index in [0.717, 1.165) is 0 Å². The summed E-state index contributed by atoms with van der Waals surface area (Å²) in [5, 5.41) is 9.93. The monoisotopic (exact) mass is 262 g/mol. The fourth-order valence-corrected chi connectivity index (χ4v) is 2.88. The zero-order valence-corrected chi connectivity index (χ0v) is 10.1. The number of aromatic nitrogens is 2. The van der Waals surface area contributed by atoms with E-state index >= 15 is 0 Å². The van der Waals surface area contributed by atoms with Crippen LogP contribution < -0.4 is 0 Å². The fourth-order valence-electron chi connectivity index (χ4n) is 1.82. The lowest BCUT2D eigenvalue weighted by molar-refractivity contribution is 0.0701. The Kier molecular flexibility index (Phi) is 2.20. The molecule has 84 valence electrons. The number of nitrogens with zero attached hydrogens (tertiary/aromatic N) is 1. The molecule has 0 bridgehead atoms. The van der Waals surface area contributed by atoms with Crippen molar-refractivity contribution < 1.29 is 9.90 Å². The summed E-state index contributed by atoms with van der Waals surface area (Å²) in [7, 11) is 0. The highest BCUT2D eigenvalue weighted by molar-refractivity contribution is 7.73. The molecule has 3 rings (SSSR count). The molecule has 1 aromatic carbocycles. The molecule has 0 fully saturated rings. The second-order valence-electron chi connectivity index (χ2n) is 3.50. The second kappa shape index (κ2) is 3.61.